The van der Waals surface area contributed by atoms with Crippen molar-refractivity contribution in [3.8, 4) is 0 Å². The minimum absolute atomic E-state index is 0.275. The van der Waals surface area contributed by atoms with Crippen molar-refractivity contribution in [1.29, 1.82) is 0 Å². The number of fused-ring (bicyclic) bond motifs is 1. The molecular weight excluding hydrogens is 228 g/mol. The van der Waals surface area contributed by atoms with Crippen molar-refractivity contribution in [2.75, 3.05) is 20.2 Å². The molecule has 0 radical (unpaired) electrons. The Labute approximate surface area is 108 Å². The highest BCUT2D eigenvalue weighted by Gasteiger charge is 2.29. The van der Waals surface area contributed by atoms with Crippen molar-refractivity contribution < 1.29 is 5.11 Å². The maximum Gasteiger partial charge on any atom is 0.150 e. The molecule has 1 aromatic heterocycles. The molecule has 2 unspecified atom stereocenters. The summed E-state index contributed by atoms with van der Waals surface area (Å²) < 4.78 is 2.26. The van der Waals surface area contributed by atoms with E-state index < -0.39 is 0 Å². The second-order valence-electron chi connectivity index (χ2n) is 5.66. The van der Waals surface area contributed by atoms with Crippen LogP contribution in [0.4, 0.5) is 0 Å². The van der Waals surface area contributed by atoms with E-state index >= 15 is 0 Å². The molecule has 5 nitrogen and oxygen atoms in total. The molecule has 5 heteroatoms. The zero-order valence-electron chi connectivity index (χ0n) is 11.0. The Morgan fingerprint density at radius 2 is 2.17 bits per heavy atom. The van der Waals surface area contributed by atoms with E-state index in [4.69, 9.17) is 0 Å². The van der Waals surface area contributed by atoms with Gasteiger partial charge in [-0.25, -0.2) is 0 Å². The first-order chi connectivity index (χ1) is 8.79. The van der Waals surface area contributed by atoms with Crippen LogP contribution in [-0.4, -0.2) is 45.0 Å². The van der Waals surface area contributed by atoms with Crippen molar-refractivity contribution in [3.63, 3.8) is 0 Å². The summed E-state index contributed by atoms with van der Waals surface area (Å²) in [4.78, 5) is 2.39. The van der Waals surface area contributed by atoms with Crippen LogP contribution in [-0.2, 0) is 13.0 Å². The minimum atomic E-state index is 0.275. The number of aliphatic hydroxyl groups excluding tert-OH is 1. The summed E-state index contributed by atoms with van der Waals surface area (Å²) in [6.45, 7) is 2.31. The van der Waals surface area contributed by atoms with Gasteiger partial charge in [0.1, 0.15) is 11.6 Å². The van der Waals surface area contributed by atoms with Gasteiger partial charge in [0, 0.05) is 25.5 Å². The number of rotatable bonds is 2. The average Bonchev–Trinajstić information content (AvgIpc) is 2.82. The van der Waals surface area contributed by atoms with Gasteiger partial charge in [0.05, 0.1) is 6.04 Å². The summed E-state index contributed by atoms with van der Waals surface area (Å²) in [7, 11) is 2.18. The van der Waals surface area contributed by atoms with Gasteiger partial charge in [0.2, 0.25) is 0 Å². The van der Waals surface area contributed by atoms with Gasteiger partial charge < -0.3 is 9.67 Å². The van der Waals surface area contributed by atoms with Crippen LogP contribution in [0.2, 0.25) is 0 Å². The van der Waals surface area contributed by atoms with E-state index in [1.807, 2.05) is 0 Å². The summed E-state index contributed by atoms with van der Waals surface area (Å²) in [5.74, 6) is 2.60. The van der Waals surface area contributed by atoms with Gasteiger partial charge in [0.25, 0.3) is 0 Å². The summed E-state index contributed by atoms with van der Waals surface area (Å²) in [5.41, 5.74) is 0. The second kappa shape index (κ2) is 4.97. The zero-order chi connectivity index (χ0) is 12.5. The van der Waals surface area contributed by atoms with Crippen LogP contribution in [0.3, 0.4) is 0 Å². The predicted molar refractivity (Wildman–Crippen MR) is 68.1 cm³/mol. The van der Waals surface area contributed by atoms with Crippen LogP contribution < -0.4 is 0 Å². The lowest BCUT2D eigenvalue weighted by Gasteiger charge is -2.33. The highest BCUT2D eigenvalue weighted by atomic mass is 16.3. The van der Waals surface area contributed by atoms with E-state index in [-0.39, 0.29) is 6.61 Å². The van der Waals surface area contributed by atoms with Crippen LogP contribution in [0.1, 0.15) is 43.4 Å². The fraction of sp³-hybridized carbons (Fsp3) is 0.846. The molecule has 1 saturated heterocycles. The number of aliphatic hydroxyl groups is 1. The first kappa shape index (κ1) is 12.1. The largest absolute Gasteiger partial charge is 0.396 e. The first-order valence-corrected chi connectivity index (χ1v) is 7.02. The van der Waals surface area contributed by atoms with Crippen LogP contribution in [0.15, 0.2) is 0 Å². The lowest BCUT2D eigenvalue weighted by molar-refractivity contribution is 0.161. The molecule has 0 aliphatic carbocycles. The van der Waals surface area contributed by atoms with Crippen molar-refractivity contribution >= 4 is 0 Å². The van der Waals surface area contributed by atoms with E-state index in [2.05, 4.69) is 26.7 Å². The molecule has 0 bridgehead atoms. The summed E-state index contributed by atoms with van der Waals surface area (Å²) >= 11 is 0. The van der Waals surface area contributed by atoms with E-state index in [0.29, 0.717) is 12.0 Å². The molecule has 100 valence electrons. The van der Waals surface area contributed by atoms with Gasteiger partial charge in [-0.2, -0.15) is 0 Å². The topological polar surface area (TPSA) is 54.2 Å². The predicted octanol–water partition coefficient (Wildman–Crippen LogP) is 0.990. The highest BCUT2D eigenvalue weighted by molar-refractivity contribution is 5.05. The Kier molecular flexibility index (Phi) is 3.35. The average molecular weight is 250 g/mol. The third-order valence-corrected chi connectivity index (χ3v) is 4.40. The van der Waals surface area contributed by atoms with E-state index in [1.165, 1.54) is 19.3 Å². The molecule has 18 heavy (non-hydrogen) atoms. The van der Waals surface area contributed by atoms with Crippen molar-refractivity contribution in [3.05, 3.63) is 11.6 Å². The number of likely N-dealkylation sites (tertiary alicyclic amines) is 1. The molecule has 2 atom stereocenters. The van der Waals surface area contributed by atoms with Gasteiger partial charge in [-0.3, -0.25) is 4.90 Å². The summed E-state index contributed by atoms with van der Waals surface area (Å²) in [6, 6.07) is 0.414. The second-order valence-corrected chi connectivity index (χ2v) is 5.66. The molecule has 0 saturated carbocycles. The molecule has 1 N–H and O–H groups in total. The number of hydrogen-bond donors (Lipinski definition) is 1. The Bertz CT molecular complexity index is 417. The van der Waals surface area contributed by atoms with Crippen molar-refractivity contribution in [1.82, 2.24) is 19.7 Å². The molecule has 3 heterocycles. The zero-order valence-corrected chi connectivity index (χ0v) is 11.0. The highest BCUT2D eigenvalue weighted by Crippen LogP contribution is 2.31. The Morgan fingerprint density at radius 1 is 1.28 bits per heavy atom. The fourth-order valence-electron chi connectivity index (χ4n) is 3.21. The van der Waals surface area contributed by atoms with Crippen LogP contribution >= 0.6 is 0 Å². The molecular formula is C13H22N4O. The van der Waals surface area contributed by atoms with Gasteiger partial charge in [-0.05, 0) is 32.9 Å². The monoisotopic (exact) mass is 250 g/mol. The maximum atomic E-state index is 9.34. The van der Waals surface area contributed by atoms with E-state index in [0.717, 1.165) is 37.6 Å². The summed E-state index contributed by atoms with van der Waals surface area (Å²) in [6.07, 6.45) is 5.73. The molecule has 0 aromatic carbocycles. The van der Waals surface area contributed by atoms with E-state index in [9.17, 15) is 5.11 Å². The van der Waals surface area contributed by atoms with Crippen LogP contribution in [0.5, 0.6) is 0 Å². The van der Waals surface area contributed by atoms with Crippen LogP contribution in [0, 0.1) is 5.92 Å². The standard InChI is InChI=1S/C13H22N4O/c1-16-7-3-2-4-11(16)13-15-14-12-6-5-10(9-18)8-17(12)13/h10-11,18H,2-9H2,1H3. The molecule has 1 aromatic rings. The normalized spacial score (nSPS) is 29.2. The number of nitrogens with zero attached hydrogens (tertiary/aromatic N) is 4. The molecule has 2 aliphatic rings. The first-order valence-electron chi connectivity index (χ1n) is 7.02. The molecule has 0 spiro atoms. The lowest BCUT2D eigenvalue weighted by Crippen LogP contribution is -2.33. The third-order valence-electron chi connectivity index (χ3n) is 4.40. The van der Waals surface area contributed by atoms with Gasteiger partial charge in [-0.1, -0.05) is 6.42 Å². The number of aromatic nitrogens is 3. The SMILES string of the molecule is CN1CCCCC1c1nnc2n1CC(CO)CC2. The number of piperidine rings is 1. The molecule has 1 fully saturated rings. The van der Waals surface area contributed by atoms with Crippen molar-refractivity contribution in [2.24, 2.45) is 5.92 Å². The molecule has 0 amide bonds. The lowest BCUT2D eigenvalue weighted by atomic mass is 9.98. The Balaban J connectivity index is 1.87. The third kappa shape index (κ3) is 2.06. The van der Waals surface area contributed by atoms with Gasteiger partial charge in [0.15, 0.2) is 0 Å². The van der Waals surface area contributed by atoms with Crippen LogP contribution in [0.25, 0.3) is 0 Å². The summed E-state index contributed by atoms with van der Waals surface area (Å²) in [5, 5.41) is 18.1. The number of hydrogen-bond acceptors (Lipinski definition) is 4. The Morgan fingerprint density at radius 3 is 2.94 bits per heavy atom. The van der Waals surface area contributed by atoms with Gasteiger partial charge >= 0.3 is 0 Å². The molecule has 2 aliphatic heterocycles. The maximum absolute atomic E-state index is 9.34. The van der Waals surface area contributed by atoms with Gasteiger partial charge in [-0.15, -0.1) is 10.2 Å². The fourth-order valence-corrected chi connectivity index (χ4v) is 3.21. The Hall–Kier alpha value is -0.940. The van der Waals surface area contributed by atoms with Crippen molar-refractivity contribution in [2.45, 2.75) is 44.7 Å². The quantitative estimate of drug-likeness (QED) is 0.850. The molecule has 3 rings (SSSR count). The minimum Gasteiger partial charge on any atom is -0.396 e. The number of aryl methyl sites for hydroxylation is 1. The smallest absolute Gasteiger partial charge is 0.150 e. The van der Waals surface area contributed by atoms with E-state index in [1.54, 1.807) is 0 Å².